The molecule has 2 rings (SSSR count). The number of amides is 1. The highest BCUT2D eigenvalue weighted by molar-refractivity contribution is 6.31. The van der Waals surface area contributed by atoms with E-state index in [4.69, 9.17) is 16.3 Å². The summed E-state index contributed by atoms with van der Waals surface area (Å²) in [6.07, 6.45) is -0.614. The van der Waals surface area contributed by atoms with Crippen molar-refractivity contribution in [2.75, 3.05) is 24.3 Å². The molecule has 22 heavy (non-hydrogen) atoms. The lowest BCUT2D eigenvalue weighted by Gasteiger charge is -2.20. The van der Waals surface area contributed by atoms with Gasteiger partial charge in [-0.25, -0.2) is 0 Å². The molecule has 0 saturated carbocycles. The van der Waals surface area contributed by atoms with Crippen molar-refractivity contribution in [3.8, 4) is 5.75 Å². The standard InChI is InChI=1S/C17H19ClN2O2/c1-12(22-14-7-5-4-6-8-14)17(21)19-15-11-13(18)9-10-16(15)20(2)3/h4-12H,1-3H3,(H,19,21). The van der Waals surface area contributed by atoms with Crippen molar-refractivity contribution in [1.82, 2.24) is 0 Å². The van der Waals surface area contributed by atoms with Gasteiger partial charge in [-0.05, 0) is 37.3 Å². The van der Waals surface area contributed by atoms with E-state index in [1.165, 1.54) is 0 Å². The number of carbonyl (C=O) groups excluding carboxylic acids is 1. The number of ether oxygens (including phenoxy) is 1. The maximum absolute atomic E-state index is 12.3. The summed E-state index contributed by atoms with van der Waals surface area (Å²) in [5, 5.41) is 3.43. The van der Waals surface area contributed by atoms with Crippen molar-refractivity contribution in [2.45, 2.75) is 13.0 Å². The van der Waals surface area contributed by atoms with E-state index in [0.29, 0.717) is 16.5 Å². The van der Waals surface area contributed by atoms with Crippen LogP contribution in [-0.2, 0) is 4.79 Å². The number of halogens is 1. The molecule has 0 saturated heterocycles. The van der Waals surface area contributed by atoms with Crippen molar-refractivity contribution in [2.24, 2.45) is 0 Å². The van der Waals surface area contributed by atoms with Gasteiger partial charge in [0.25, 0.3) is 5.91 Å². The summed E-state index contributed by atoms with van der Waals surface area (Å²) in [4.78, 5) is 14.2. The predicted octanol–water partition coefficient (Wildman–Crippen LogP) is 3.81. The van der Waals surface area contributed by atoms with Crippen molar-refractivity contribution >= 4 is 28.9 Å². The normalized spacial score (nSPS) is 11.6. The lowest BCUT2D eigenvalue weighted by atomic mass is 10.2. The maximum atomic E-state index is 12.3. The van der Waals surface area contributed by atoms with Gasteiger partial charge in [-0.15, -0.1) is 0 Å². The van der Waals surface area contributed by atoms with Gasteiger partial charge in [0.1, 0.15) is 5.75 Å². The average Bonchev–Trinajstić information content (AvgIpc) is 2.48. The Balaban J connectivity index is 2.10. The molecule has 0 aliphatic carbocycles. The zero-order valence-electron chi connectivity index (χ0n) is 12.8. The van der Waals surface area contributed by atoms with Crippen LogP contribution in [0.2, 0.25) is 5.02 Å². The highest BCUT2D eigenvalue weighted by Crippen LogP contribution is 2.28. The first kappa shape index (κ1) is 16.2. The number of nitrogens with one attached hydrogen (secondary N) is 1. The zero-order valence-corrected chi connectivity index (χ0v) is 13.6. The molecule has 2 aromatic carbocycles. The minimum Gasteiger partial charge on any atom is -0.481 e. The largest absolute Gasteiger partial charge is 0.481 e. The molecule has 0 aliphatic rings. The Labute approximate surface area is 135 Å². The summed E-state index contributed by atoms with van der Waals surface area (Å²) < 4.78 is 5.62. The molecule has 1 N–H and O–H groups in total. The molecule has 4 nitrogen and oxygen atoms in total. The molecule has 2 aromatic rings. The van der Waals surface area contributed by atoms with Crippen LogP contribution in [0.4, 0.5) is 11.4 Å². The third-order valence-corrected chi connectivity index (χ3v) is 3.36. The van der Waals surface area contributed by atoms with Crippen LogP contribution < -0.4 is 15.0 Å². The number of nitrogens with zero attached hydrogens (tertiary/aromatic N) is 1. The second-order valence-electron chi connectivity index (χ2n) is 5.12. The minimum atomic E-state index is -0.614. The van der Waals surface area contributed by atoms with Crippen LogP contribution in [0.15, 0.2) is 48.5 Å². The lowest BCUT2D eigenvalue weighted by molar-refractivity contribution is -0.122. The fraction of sp³-hybridized carbons (Fsp3) is 0.235. The fourth-order valence-corrected chi connectivity index (χ4v) is 2.16. The number of rotatable bonds is 5. The summed E-state index contributed by atoms with van der Waals surface area (Å²) in [6, 6.07) is 14.6. The summed E-state index contributed by atoms with van der Waals surface area (Å²) in [5.74, 6) is 0.429. The first-order chi connectivity index (χ1) is 10.5. The highest BCUT2D eigenvalue weighted by Gasteiger charge is 2.17. The maximum Gasteiger partial charge on any atom is 0.265 e. The number of benzene rings is 2. The number of hydrogen-bond donors (Lipinski definition) is 1. The van der Waals surface area contributed by atoms with E-state index in [1.807, 2.05) is 55.4 Å². The van der Waals surface area contributed by atoms with Gasteiger partial charge in [0, 0.05) is 19.1 Å². The Morgan fingerprint density at radius 2 is 1.86 bits per heavy atom. The fourth-order valence-electron chi connectivity index (χ4n) is 1.99. The summed E-state index contributed by atoms with van der Waals surface area (Å²) in [7, 11) is 3.81. The highest BCUT2D eigenvalue weighted by atomic mass is 35.5. The van der Waals surface area contributed by atoms with Crippen LogP contribution in [0, 0.1) is 0 Å². The molecule has 0 aliphatic heterocycles. The Morgan fingerprint density at radius 1 is 1.18 bits per heavy atom. The molecule has 1 unspecified atom stereocenters. The van der Waals surface area contributed by atoms with E-state index in [1.54, 1.807) is 19.1 Å². The first-order valence-electron chi connectivity index (χ1n) is 6.97. The molecule has 116 valence electrons. The van der Waals surface area contributed by atoms with Crippen LogP contribution in [0.1, 0.15) is 6.92 Å². The average molecular weight is 319 g/mol. The third-order valence-electron chi connectivity index (χ3n) is 3.12. The molecule has 0 spiro atoms. The van der Waals surface area contributed by atoms with Gasteiger partial charge in [-0.2, -0.15) is 0 Å². The number of carbonyl (C=O) groups is 1. The van der Waals surface area contributed by atoms with Gasteiger partial charge >= 0.3 is 0 Å². The van der Waals surface area contributed by atoms with Crippen LogP contribution in [0.25, 0.3) is 0 Å². The molecule has 0 heterocycles. The second-order valence-corrected chi connectivity index (χ2v) is 5.55. The molecule has 0 aromatic heterocycles. The summed E-state index contributed by atoms with van der Waals surface area (Å²) in [6.45, 7) is 1.71. The van der Waals surface area contributed by atoms with Gasteiger partial charge in [0.05, 0.1) is 11.4 Å². The topological polar surface area (TPSA) is 41.6 Å². The van der Waals surface area contributed by atoms with E-state index in [2.05, 4.69) is 5.32 Å². The van der Waals surface area contributed by atoms with E-state index < -0.39 is 6.10 Å². The monoisotopic (exact) mass is 318 g/mol. The van der Waals surface area contributed by atoms with Gasteiger partial charge in [0.15, 0.2) is 6.10 Å². The SMILES string of the molecule is CC(Oc1ccccc1)C(=O)Nc1cc(Cl)ccc1N(C)C. The Hall–Kier alpha value is -2.20. The molecular formula is C17H19ClN2O2. The van der Waals surface area contributed by atoms with Crippen LogP contribution >= 0.6 is 11.6 Å². The lowest BCUT2D eigenvalue weighted by Crippen LogP contribution is -2.30. The van der Waals surface area contributed by atoms with Crippen LogP contribution in [0.3, 0.4) is 0 Å². The van der Waals surface area contributed by atoms with Gasteiger partial charge in [-0.1, -0.05) is 29.8 Å². The summed E-state index contributed by atoms with van der Waals surface area (Å²) in [5.41, 5.74) is 1.54. The molecular weight excluding hydrogens is 300 g/mol. The molecule has 1 amide bonds. The minimum absolute atomic E-state index is 0.228. The van der Waals surface area contributed by atoms with Gasteiger partial charge in [0.2, 0.25) is 0 Å². The quantitative estimate of drug-likeness (QED) is 0.911. The third kappa shape index (κ3) is 4.15. The smallest absolute Gasteiger partial charge is 0.265 e. The Kier molecular flexibility index (Phi) is 5.28. The van der Waals surface area contributed by atoms with Gasteiger partial charge in [-0.3, -0.25) is 4.79 Å². The number of para-hydroxylation sites is 1. The first-order valence-corrected chi connectivity index (χ1v) is 7.34. The molecule has 0 fully saturated rings. The van der Waals surface area contributed by atoms with Gasteiger partial charge < -0.3 is 15.0 Å². The molecule has 0 bridgehead atoms. The van der Waals surface area contributed by atoms with Crippen LogP contribution in [0.5, 0.6) is 5.75 Å². The van der Waals surface area contributed by atoms with Crippen molar-refractivity contribution < 1.29 is 9.53 Å². The molecule has 5 heteroatoms. The zero-order chi connectivity index (χ0) is 16.1. The van der Waals surface area contributed by atoms with E-state index in [-0.39, 0.29) is 5.91 Å². The van der Waals surface area contributed by atoms with Crippen LogP contribution in [-0.4, -0.2) is 26.1 Å². The number of anilines is 2. The van der Waals surface area contributed by atoms with E-state index in [0.717, 1.165) is 5.69 Å². The number of hydrogen-bond acceptors (Lipinski definition) is 3. The van der Waals surface area contributed by atoms with E-state index in [9.17, 15) is 4.79 Å². The van der Waals surface area contributed by atoms with Crippen molar-refractivity contribution in [3.05, 3.63) is 53.6 Å². The second kappa shape index (κ2) is 7.18. The van der Waals surface area contributed by atoms with Crippen molar-refractivity contribution in [3.63, 3.8) is 0 Å². The summed E-state index contributed by atoms with van der Waals surface area (Å²) >= 11 is 6.01. The predicted molar refractivity (Wildman–Crippen MR) is 90.9 cm³/mol. The molecule has 1 atom stereocenters. The Morgan fingerprint density at radius 3 is 2.50 bits per heavy atom. The van der Waals surface area contributed by atoms with Crippen molar-refractivity contribution in [1.29, 1.82) is 0 Å². The molecule has 0 radical (unpaired) electrons. The van der Waals surface area contributed by atoms with E-state index >= 15 is 0 Å². The Bertz CT molecular complexity index is 644.